The molecule has 1 aliphatic rings. The summed E-state index contributed by atoms with van der Waals surface area (Å²) >= 11 is 0. The highest BCUT2D eigenvalue weighted by molar-refractivity contribution is 6.76. The Hall–Kier alpha value is -0.123. The van der Waals surface area contributed by atoms with Gasteiger partial charge in [0.2, 0.25) is 0 Å². The Morgan fingerprint density at radius 3 is 2.40 bits per heavy atom. The van der Waals surface area contributed by atoms with Gasteiger partial charge in [0.1, 0.15) is 11.7 Å². The molecule has 0 bridgehead atoms. The van der Waals surface area contributed by atoms with Gasteiger partial charge in [0.25, 0.3) is 0 Å². The third kappa shape index (κ3) is 2.92. The average molecular weight is 228 g/mol. The number of aliphatic hydroxyl groups excluding tert-OH is 1. The molecule has 1 rings (SSSR count). The van der Waals surface area contributed by atoms with Crippen LogP contribution in [-0.2, 0) is 4.74 Å². The highest BCUT2D eigenvalue weighted by Crippen LogP contribution is 2.44. The lowest BCUT2D eigenvalue weighted by Gasteiger charge is -2.23. The van der Waals surface area contributed by atoms with Crippen molar-refractivity contribution < 1.29 is 9.84 Å². The first-order valence-electron chi connectivity index (χ1n) is 5.74. The predicted molar refractivity (Wildman–Crippen MR) is 66.9 cm³/mol. The minimum absolute atomic E-state index is 0.214. The highest BCUT2D eigenvalue weighted by atomic mass is 28.3. The van der Waals surface area contributed by atoms with Crippen molar-refractivity contribution in [2.24, 2.45) is 0 Å². The Bertz CT molecular complexity index is 257. The fraction of sp³-hybridized carbons (Fsp3) is 0.833. The van der Waals surface area contributed by atoms with Crippen LogP contribution in [0.1, 0.15) is 20.3 Å². The SMILES string of the molecule is C=C(C[Si](C)(C)C)[C@@H](O)[C@]1(C)O[C@H]1CC. The summed E-state index contributed by atoms with van der Waals surface area (Å²) in [5.41, 5.74) is 0.596. The quantitative estimate of drug-likeness (QED) is 0.446. The second-order valence-electron chi connectivity index (χ2n) is 6.00. The zero-order valence-electron chi connectivity index (χ0n) is 10.6. The molecule has 0 spiro atoms. The maximum atomic E-state index is 10.2. The van der Waals surface area contributed by atoms with E-state index in [9.17, 15) is 5.11 Å². The van der Waals surface area contributed by atoms with Crippen molar-refractivity contribution >= 4 is 8.07 Å². The lowest BCUT2D eigenvalue weighted by molar-refractivity contribution is 0.114. The van der Waals surface area contributed by atoms with Crippen molar-refractivity contribution in [3.8, 4) is 0 Å². The third-order valence-electron chi connectivity index (χ3n) is 3.04. The highest BCUT2D eigenvalue weighted by Gasteiger charge is 2.56. The lowest BCUT2D eigenvalue weighted by Crippen LogP contribution is -2.33. The first-order valence-corrected chi connectivity index (χ1v) is 9.45. The first kappa shape index (κ1) is 12.9. The molecule has 0 saturated carbocycles. The molecule has 0 aromatic carbocycles. The van der Waals surface area contributed by atoms with Gasteiger partial charge in [0, 0.05) is 8.07 Å². The molecular formula is C12H24O2Si. The zero-order chi connectivity index (χ0) is 11.9. The average Bonchev–Trinajstić information content (AvgIpc) is 2.74. The van der Waals surface area contributed by atoms with E-state index < -0.39 is 14.2 Å². The summed E-state index contributed by atoms with van der Waals surface area (Å²) in [6.07, 6.45) is 0.688. The number of aliphatic hydroxyl groups is 1. The summed E-state index contributed by atoms with van der Waals surface area (Å²) in [5, 5.41) is 10.2. The Morgan fingerprint density at radius 2 is 2.07 bits per heavy atom. The van der Waals surface area contributed by atoms with E-state index in [-0.39, 0.29) is 11.7 Å². The number of epoxide rings is 1. The normalized spacial score (nSPS) is 32.5. The van der Waals surface area contributed by atoms with E-state index in [2.05, 4.69) is 33.1 Å². The van der Waals surface area contributed by atoms with Gasteiger partial charge < -0.3 is 9.84 Å². The standard InChI is InChI=1S/C12H24O2Si/c1-7-10-12(3,14-10)11(13)9(2)8-15(4,5)6/h10-11,13H,2,7-8H2,1,3-6H3/t10-,11+,12+/m0/s1. The molecule has 0 unspecified atom stereocenters. The lowest BCUT2D eigenvalue weighted by atomic mass is 9.94. The van der Waals surface area contributed by atoms with Crippen LogP contribution in [0.5, 0.6) is 0 Å². The maximum absolute atomic E-state index is 10.2. The van der Waals surface area contributed by atoms with Gasteiger partial charge in [0.15, 0.2) is 0 Å². The largest absolute Gasteiger partial charge is 0.386 e. The van der Waals surface area contributed by atoms with Gasteiger partial charge in [-0.25, -0.2) is 0 Å². The van der Waals surface area contributed by atoms with Crippen LogP contribution in [-0.4, -0.2) is 31.0 Å². The molecule has 0 aromatic rings. The van der Waals surface area contributed by atoms with Gasteiger partial charge in [-0.15, -0.1) is 0 Å². The molecule has 2 nitrogen and oxygen atoms in total. The van der Waals surface area contributed by atoms with Crippen molar-refractivity contribution in [3.05, 3.63) is 12.2 Å². The van der Waals surface area contributed by atoms with E-state index in [0.717, 1.165) is 18.0 Å². The molecule has 3 atom stereocenters. The van der Waals surface area contributed by atoms with Gasteiger partial charge in [-0.3, -0.25) is 0 Å². The maximum Gasteiger partial charge on any atom is 0.121 e. The first-order chi connectivity index (χ1) is 6.70. The Kier molecular flexibility index (Phi) is 3.48. The van der Waals surface area contributed by atoms with E-state index >= 15 is 0 Å². The van der Waals surface area contributed by atoms with Crippen molar-refractivity contribution in [3.63, 3.8) is 0 Å². The van der Waals surface area contributed by atoms with Crippen LogP contribution in [0.15, 0.2) is 12.2 Å². The molecule has 1 N–H and O–H groups in total. The summed E-state index contributed by atoms with van der Waals surface area (Å²) in [4.78, 5) is 0. The summed E-state index contributed by atoms with van der Waals surface area (Å²) in [7, 11) is -1.18. The number of hydrogen-bond acceptors (Lipinski definition) is 2. The van der Waals surface area contributed by atoms with Gasteiger partial charge in [-0.1, -0.05) is 33.1 Å². The summed E-state index contributed by atoms with van der Waals surface area (Å²) < 4.78 is 5.56. The van der Waals surface area contributed by atoms with Crippen LogP contribution in [0.4, 0.5) is 0 Å². The molecule has 0 amide bonds. The molecule has 1 heterocycles. The van der Waals surface area contributed by atoms with Crippen LogP contribution >= 0.6 is 0 Å². The molecule has 3 heteroatoms. The number of rotatable bonds is 5. The van der Waals surface area contributed by atoms with Crippen LogP contribution in [0.2, 0.25) is 25.7 Å². The van der Waals surface area contributed by atoms with Crippen molar-refractivity contribution in [2.45, 2.75) is 63.8 Å². The van der Waals surface area contributed by atoms with E-state index in [4.69, 9.17) is 4.74 Å². The molecule has 15 heavy (non-hydrogen) atoms. The summed E-state index contributed by atoms with van der Waals surface area (Å²) in [6.45, 7) is 15.0. The van der Waals surface area contributed by atoms with E-state index in [1.54, 1.807) is 0 Å². The van der Waals surface area contributed by atoms with Gasteiger partial charge in [-0.05, 0) is 25.0 Å². The minimum Gasteiger partial charge on any atom is -0.386 e. The molecule has 88 valence electrons. The van der Waals surface area contributed by atoms with Crippen molar-refractivity contribution in [1.82, 2.24) is 0 Å². The van der Waals surface area contributed by atoms with Crippen molar-refractivity contribution in [2.75, 3.05) is 0 Å². The molecule has 1 saturated heterocycles. The smallest absolute Gasteiger partial charge is 0.121 e. The van der Waals surface area contributed by atoms with E-state index in [1.165, 1.54) is 0 Å². The Morgan fingerprint density at radius 1 is 1.53 bits per heavy atom. The van der Waals surface area contributed by atoms with E-state index in [0.29, 0.717) is 0 Å². The van der Waals surface area contributed by atoms with Gasteiger partial charge in [0.05, 0.1) is 6.10 Å². The second-order valence-corrected chi connectivity index (χ2v) is 11.5. The summed E-state index contributed by atoms with van der Waals surface area (Å²) in [5.74, 6) is 0. The topological polar surface area (TPSA) is 32.8 Å². The van der Waals surface area contributed by atoms with Crippen LogP contribution in [0, 0.1) is 0 Å². The Labute approximate surface area is 94.3 Å². The van der Waals surface area contributed by atoms with Crippen molar-refractivity contribution in [1.29, 1.82) is 0 Å². The molecule has 0 radical (unpaired) electrons. The zero-order valence-corrected chi connectivity index (χ0v) is 11.6. The fourth-order valence-corrected chi connectivity index (χ4v) is 3.74. The second kappa shape index (κ2) is 4.04. The van der Waals surface area contributed by atoms with Crippen LogP contribution < -0.4 is 0 Å². The number of ether oxygens (including phenoxy) is 1. The third-order valence-corrected chi connectivity index (χ3v) is 4.55. The predicted octanol–water partition coefficient (Wildman–Crippen LogP) is 2.81. The Balaban J connectivity index is 2.55. The van der Waals surface area contributed by atoms with E-state index in [1.807, 2.05) is 6.92 Å². The number of hydrogen-bond donors (Lipinski definition) is 1. The monoisotopic (exact) mass is 228 g/mol. The van der Waals surface area contributed by atoms with Crippen LogP contribution in [0.25, 0.3) is 0 Å². The summed E-state index contributed by atoms with van der Waals surface area (Å²) in [6, 6.07) is 0.976. The molecule has 1 aliphatic heterocycles. The fourth-order valence-electron chi connectivity index (χ4n) is 2.18. The van der Waals surface area contributed by atoms with Gasteiger partial charge in [-0.2, -0.15) is 0 Å². The molecule has 0 aliphatic carbocycles. The van der Waals surface area contributed by atoms with Crippen LogP contribution in [0.3, 0.4) is 0 Å². The minimum atomic E-state index is -1.18. The van der Waals surface area contributed by atoms with Gasteiger partial charge >= 0.3 is 0 Å². The molecular weight excluding hydrogens is 204 g/mol. The molecule has 0 aromatic heterocycles. The molecule has 1 fully saturated rings.